The molecule has 64 valence electrons. The molecule has 0 saturated heterocycles. The van der Waals surface area contributed by atoms with E-state index in [-0.39, 0.29) is 0 Å². The van der Waals surface area contributed by atoms with Crippen LogP contribution in [0.3, 0.4) is 0 Å². The van der Waals surface area contributed by atoms with Crippen molar-refractivity contribution in [2.24, 2.45) is 7.05 Å². The van der Waals surface area contributed by atoms with Crippen LogP contribution in [-0.2, 0) is 11.8 Å². The van der Waals surface area contributed by atoms with E-state index in [0.29, 0.717) is 5.56 Å². The van der Waals surface area contributed by atoms with E-state index in [9.17, 15) is 9.18 Å². The van der Waals surface area contributed by atoms with Crippen molar-refractivity contribution in [2.45, 2.75) is 0 Å². The molecule has 4 nitrogen and oxygen atoms in total. The first-order chi connectivity index (χ1) is 5.59. The van der Waals surface area contributed by atoms with Crippen LogP contribution in [0, 0.1) is 0 Å². The fourth-order valence-corrected chi connectivity index (χ4v) is 0.723. The molecule has 0 fully saturated rings. The number of aryl methyl sites for hydroxylation is 1. The normalized spacial score (nSPS) is 11.7. The summed E-state index contributed by atoms with van der Waals surface area (Å²) >= 11 is 0. The van der Waals surface area contributed by atoms with Crippen LogP contribution < -0.4 is 0 Å². The Kier molecular flexibility index (Phi) is 2.23. The van der Waals surface area contributed by atoms with Gasteiger partial charge in [-0.25, -0.2) is 4.79 Å². The molecule has 0 unspecified atom stereocenters. The zero-order chi connectivity index (χ0) is 9.14. The maximum atomic E-state index is 12.4. The average molecular weight is 170 g/mol. The highest BCUT2D eigenvalue weighted by atomic mass is 19.1. The molecule has 12 heavy (non-hydrogen) atoms. The van der Waals surface area contributed by atoms with Crippen molar-refractivity contribution < 1.29 is 14.3 Å². The number of rotatable bonds is 2. The minimum atomic E-state index is -1.57. The van der Waals surface area contributed by atoms with Crippen LogP contribution in [0.15, 0.2) is 18.2 Å². The highest BCUT2D eigenvalue weighted by Gasteiger charge is 2.05. The van der Waals surface area contributed by atoms with Crippen molar-refractivity contribution in [2.75, 3.05) is 0 Å². The Bertz CT molecular complexity index is 330. The summed E-state index contributed by atoms with van der Waals surface area (Å²) in [5.74, 6) is -2.76. The largest absolute Gasteiger partial charge is 0.476 e. The first-order valence-corrected chi connectivity index (χ1v) is 3.19. The van der Waals surface area contributed by atoms with Crippen LogP contribution in [0.4, 0.5) is 4.39 Å². The maximum Gasteiger partial charge on any atom is 0.364 e. The highest BCUT2D eigenvalue weighted by Crippen LogP contribution is 2.06. The number of aliphatic carboxylic acids is 1. The highest BCUT2D eigenvalue weighted by molar-refractivity contribution is 5.89. The molecule has 1 aromatic heterocycles. The fraction of sp³-hybridized carbons (Fsp3) is 0.143. The topological polar surface area (TPSA) is 55.1 Å². The second kappa shape index (κ2) is 3.17. The molecule has 1 N–H and O–H groups in total. The van der Waals surface area contributed by atoms with Gasteiger partial charge in [0.1, 0.15) is 0 Å². The van der Waals surface area contributed by atoms with E-state index in [4.69, 9.17) is 5.11 Å². The third-order valence-corrected chi connectivity index (χ3v) is 1.22. The van der Waals surface area contributed by atoms with Gasteiger partial charge in [-0.1, -0.05) is 0 Å². The second-order valence-corrected chi connectivity index (χ2v) is 2.24. The lowest BCUT2D eigenvalue weighted by molar-refractivity contribution is -0.134. The van der Waals surface area contributed by atoms with E-state index < -0.39 is 11.8 Å². The maximum absolute atomic E-state index is 12.4. The number of carboxylic acid groups (broad SMARTS) is 1. The lowest BCUT2D eigenvalue weighted by Crippen LogP contribution is -1.93. The number of carbonyl (C=O) groups is 1. The quantitative estimate of drug-likeness (QED) is 0.668. The number of hydrogen-bond acceptors (Lipinski definition) is 2. The van der Waals surface area contributed by atoms with Crippen LogP contribution in [0.2, 0.25) is 0 Å². The van der Waals surface area contributed by atoms with E-state index in [2.05, 4.69) is 5.10 Å². The summed E-state index contributed by atoms with van der Waals surface area (Å²) < 4.78 is 13.9. The molecule has 0 saturated carbocycles. The molecule has 0 spiro atoms. The summed E-state index contributed by atoms with van der Waals surface area (Å²) in [5.41, 5.74) is 0.428. The van der Waals surface area contributed by atoms with Gasteiger partial charge in [0.15, 0.2) is 0 Å². The Morgan fingerprint density at radius 2 is 2.50 bits per heavy atom. The van der Waals surface area contributed by atoms with Gasteiger partial charge in [0.2, 0.25) is 5.83 Å². The van der Waals surface area contributed by atoms with Gasteiger partial charge in [-0.05, 0) is 6.08 Å². The molecule has 0 atom stereocenters. The van der Waals surface area contributed by atoms with Gasteiger partial charge in [0.05, 0.1) is 6.20 Å². The third-order valence-electron chi connectivity index (χ3n) is 1.22. The molecule has 0 radical (unpaired) electrons. The molecule has 0 aliphatic rings. The number of hydrogen-bond donors (Lipinski definition) is 1. The Hall–Kier alpha value is -1.65. The number of carboxylic acids is 1. The van der Waals surface area contributed by atoms with Gasteiger partial charge < -0.3 is 5.11 Å². The van der Waals surface area contributed by atoms with Gasteiger partial charge in [-0.3, -0.25) is 4.68 Å². The zero-order valence-electron chi connectivity index (χ0n) is 6.36. The first kappa shape index (κ1) is 8.45. The van der Waals surface area contributed by atoms with Gasteiger partial charge in [0, 0.05) is 18.8 Å². The van der Waals surface area contributed by atoms with Gasteiger partial charge in [-0.2, -0.15) is 9.49 Å². The summed E-state index contributed by atoms with van der Waals surface area (Å²) in [6, 6.07) is 0. The Balaban J connectivity index is 2.87. The second-order valence-electron chi connectivity index (χ2n) is 2.24. The number of halogens is 1. The van der Waals surface area contributed by atoms with Crippen LogP contribution in [0.25, 0.3) is 6.08 Å². The van der Waals surface area contributed by atoms with Crippen molar-refractivity contribution in [3.8, 4) is 0 Å². The SMILES string of the molecule is Cn1cc(C=C(F)C(=O)O)cn1. The predicted molar refractivity (Wildman–Crippen MR) is 39.9 cm³/mol. The molecule has 1 aromatic rings. The lowest BCUT2D eigenvalue weighted by Gasteiger charge is -1.85. The predicted octanol–water partition coefficient (Wildman–Crippen LogP) is 0.815. The zero-order valence-corrected chi connectivity index (χ0v) is 6.36. The molecule has 1 heterocycles. The number of aromatic nitrogens is 2. The lowest BCUT2D eigenvalue weighted by atomic mass is 10.3. The molecule has 0 bridgehead atoms. The Labute approximate surface area is 67.9 Å². The molecular weight excluding hydrogens is 163 g/mol. The minimum absolute atomic E-state index is 0.428. The van der Waals surface area contributed by atoms with Crippen molar-refractivity contribution in [1.29, 1.82) is 0 Å². The first-order valence-electron chi connectivity index (χ1n) is 3.19. The summed E-state index contributed by atoms with van der Waals surface area (Å²) in [6.45, 7) is 0. The van der Waals surface area contributed by atoms with Gasteiger partial charge in [0.25, 0.3) is 0 Å². The molecule has 5 heteroatoms. The number of nitrogens with zero attached hydrogens (tertiary/aromatic N) is 2. The van der Waals surface area contributed by atoms with E-state index in [1.807, 2.05) is 0 Å². The molecule has 0 aliphatic heterocycles. The standard InChI is InChI=1S/C7H7FN2O2/c1-10-4-5(3-9-10)2-6(8)7(11)12/h2-4H,1H3,(H,11,12). The summed E-state index contributed by atoms with van der Waals surface area (Å²) in [4.78, 5) is 10.0. The summed E-state index contributed by atoms with van der Waals surface area (Å²) in [6.07, 6.45) is 3.81. The van der Waals surface area contributed by atoms with E-state index in [0.717, 1.165) is 6.08 Å². The van der Waals surface area contributed by atoms with Crippen molar-refractivity contribution in [1.82, 2.24) is 9.78 Å². The van der Waals surface area contributed by atoms with Gasteiger partial charge >= 0.3 is 5.97 Å². The van der Waals surface area contributed by atoms with E-state index in [1.54, 1.807) is 7.05 Å². The average Bonchev–Trinajstić information content (AvgIpc) is 2.35. The molecule has 0 amide bonds. The summed E-state index contributed by atoms with van der Waals surface area (Å²) in [7, 11) is 1.66. The van der Waals surface area contributed by atoms with Crippen molar-refractivity contribution >= 4 is 12.0 Å². The van der Waals surface area contributed by atoms with Crippen LogP contribution in [-0.4, -0.2) is 20.9 Å². The Morgan fingerprint density at radius 1 is 1.83 bits per heavy atom. The third kappa shape index (κ3) is 1.91. The van der Waals surface area contributed by atoms with E-state index in [1.165, 1.54) is 17.1 Å². The monoisotopic (exact) mass is 170 g/mol. The molecule has 0 aromatic carbocycles. The van der Waals surface area contributed by atoms with Gasteiger partial charge in [-0.15, -0.1) is 0 Å². The van der Waals surface area contributed by atoms with Crippen LogP contribution >= 0.6 is 0 Å². The van der Waals surface area contributed by atoms with E-state index >= 15 is 0 Å². The minimum Gasteiger partial charge on any atom is -0.476 e. The molecule has 1 rings (SSSR count). The fourth-order valence-electron chi connectivity index (χ4n) is 0.723. The molecular formula is C7H7FN2O2. The Morgan fingerprint density at radius 3 is 2.92 bits per heavy atom. The smallest absolute Gasteiger partial charge is 0.364 e. The molecule has 0 aliphatic carbocycles. The summed E-state index contributed by atoms with van der Waals surface area (Å²) in [5, 5.41) is 11.9. The van der Waals surface area contributed by atoms with Crippen LogP contribution in [0.1, 0.15) is 5.56 Å². The van der Waals surface area contributed by atoms with Crippen molar-refractivity contribution in [3.63, 3.8) is 0 Å². The van der Waals surface area contributed by atoms with Crippen LogP contribution in [0.5, 0.6) is 0 Å². The van der Waals surface area contributed by atoms with Crippen molar-refractivity contribution in [3.05, 3.63) is 23.8 Å².